The highest BCUT2D eigenvalue weighted by Gasteiger charge is 2.33. The number of esters is 1. The standard InChI is InChI=1S/C23H27ClN4O5/c1-15-14-27(9-10-28(15)18(29)13-24)22(30)20-19(23(31)33-12-11-32-3)16(2)25-21(26-20)17-7-5-4-6-8-17/h4-8,15H,9-14H2,1-3H3. The van der Waals surface area contributed by atoms with Crippen LogP contribution in [0.25, 0.3) is 11.4 Å². The van der Waals surface area contributed by atoms with Gasteiger partial charge in [0, 0.05) is 38.3 Å². The first-order chi connectivity index (χ1) is 15.9. The number of ether oxygens (including phenoxy) is 2. The molecule has 2 aromatic rings. The summed E-state index contributed by atoms with van der Waals surface area (Å²) in [6.45, 7) is 4.71. The number of alkyl halides is 1. The summed E-state index contributed by atoms with van der Waals surface area (Å²) < 4.78 is 10.2. The molecule has 1 aromatic heterocycles. The molecule has 9 nitrogen and oxygen atoms in total. The van der Waals surface area contributed by atoms with Crippen LogP contribution < -0.4 is 0 Å². The second-order valence-electron chi connectivity index (χ2n) is 7.67. The lowest BCUT2D eigenvalue weighted by Crippen LogP contribution is -2.56. The van der Waals surface area contributed by atoms with Crippen molar-refractivity contribution < 1.29 is 23.9 Å². The molecule has 2 amide bonds. The van der Waals surface area contributed by atoms with Gasteiger partial charge in [0.05, 0.1) is 12.3 Å². The summed E-state index contributed by atoms with van der Waals surface area (Å²) in [7, 11) is 1.50. The van der Waals surface area contributed by atoms with Crippen molar-refractivity contribution in [1.82, 2.24) is 19.8 Å². The zero-order valence-corrected chi connectivity index (χ0v) is 19.7. The number of hydrogen-bond acceptors (Lipinski definition) is 7. The van der Waals surface area contributed by atoms with E-state index in [1.807, 2.05) is 37.3 Å². The van der Waals surface area contributed by atoms with E-state index in [2.05, 4.69) is 9.97 Å². The highest BCUT2D eigenvalue weighted by Crippen LogP contribution is 2.22. The Morgan fingerprint density at radius 1 is 1.12 bits per heavy atom. The molecule has 1 aliphatic heterocycles. The van der Waals surface area contributed by atoms with Gasteiger partial charge in [0.25, 0.3) is 5.91 Å². The predicted molar refractivity (Wildman–Crippen MR) is 122 cm³/mol. The first-order valence-electron chi connectivity index (χ1n) is 10.6. The summed E-state index contributed by atoms with van der Waals surface area (Å²) in [4.78, 5) is 50.6. The van der Waals surface area contributed by atoms with Gasteiger partial charge < -0.3 is 19.3 Å². The van der Waals surface area contributed by atoms with E-state index < -0.39 is 11.9 Å². The Bertz CT molecular complexity index is 1020. The lowest BCUT2D eigenvalue weighted by Gasteiger charge is -2.39. The molecule has 176 valence electrons. The van der Waals surface area contributed by atoms with Crippen LogP contribution in [0.4, 0.5) is 0 Å². The molecule has 0 spiro atoms. The van der Waals surface area contributed by atoms with Crippen LogP contribution in [0.1, 0.15) is 33.5 Å². The minimum Gasteiger partial charge on any atom is -0.460 e. The maximum absolute atomic E-state index is 13.6. The number of amides is 2. The lowest BCUT2D eigenvalue weighted by molar-refractivity contribution is -0.132. The molecule has 1 saturated heterocycles. The van der Waals surface area contributed by atoms with Crippen LogP contribution in [0.15, 0.2) is 30.3 Å². The first kappa shape index (κ1) is 24.6. The Labute approximate surface area is 197 Å². The molecule has 0 N–H and O–H groups in total. The van der Waals surface area contributed by atoms with Gasteiger partial charge >= 0.3 is 5.97 Å². The fraction of sp³-hybridized carbons (Fsp3) is 0.435. The van der Waals surface area contributed by atoms with E-state index >= 15 is 0 Å². The molecule has 0 radical (unpaired) electrons. The third-order valence-corrected chi connectivity index (χ3v) is 5.63. The summed E-state index contributed by atoms with van der Waals surface area (Å²) >= 11 is 5.70. The molecule has 1 fully saturated rings. The molecular formula is C23H27ClN4O5. The molecule has 1 atom stereocenters. The fourth-order valence-electron chi connectivity index (χ4n) is 3.72. The number of rotatable bonds is 7. The monoisotopic (exact) mass is 474 g/mol. The largest absolute Gasteiger partial charge is 0.460 e. The van der Waals surface area contributed by atoms with Crippen molar-refractivity contribution >= 4 is 29.4 Å². The van der Waals surface area contributed by atoms with E-state index in [0.717, 1.165) is 5.56 Å². The van der Waals surface area contributed by atoms with Gasteiger partial charge in [0.15, 0.2) is 5.82 Å². The Balaban J connectivity index is 1.96. The average Bonchev–Trinajstić information content (AvgIpc) is 2.83. The van der Waals surface area contributed by atoms with Crippen LogP contribution in [0.5, 0.6) is 0 Å². The van der Waals surface area contributed by atoms with E-state index in [1.165, 1.54) is 7.11 Å². The summed E-state index contributed by atoms with van der Waals surface area (Å²) in [5, 5.41) is 0. The number of aromatic nitrogens is 2. The highest BCUT2D eigenvalue weighted by molar-refractivity contribution is 6.27. The Hall–Kier alpha value is -3.04. The van der Waals surface area contributed by atoms with Crippen LogP contribution in [0, 0.1) is 6.92 Å². The van der Waals surface area contributed by atoms with Crippen LogP contribution in [-0.2, 0) is 14.3 Å². The Kier molecular flexibility index (Phi) is 8.35. The van der Waals surface area contributed by atoms with Crippen LogP contribution in [0.2, 0.25) is 0 Å². The third-order valence-electron chi connectivity index (χ3n) is 5.40. The number of nitrogens with zero attached hydrogens (tertiary/aromatic N) is 4. The number of aryl methyl sites for hydroxylation is 1. The molecule has 0 saturated carbocycles. The number of carbonyl (C=O) groups is 3. The van der Waals surface area contributed by atoms with Crippen LogP contribution >= 0.6 is 11.6 Å². The minimum absolute atomic E-state index is 0.0203. The number of halogens is 1. The summed E-state index contributed by atoms with van der Waals surface area (Å²) in [5.41, 5.74) is 1.08. The van der Waals surface area contributed by atoms with E-state index in [0.29, 0.717) is 31.2 Å². The Morgan fingerprint density at radius 2 is 1.85 bits per heavy atom. The summed E-state index contributed by atoms with van der Waals surface area (Å²) in [6, 6.07) is 9.00. The zero-order chi connectivity index (χ0) is 24.0. The second-order valence-corrected chi connectivity index (χ2v) is 7.94. The van der Waals surface area contributed by atoms with Crippen molar-refractivity contribution in [1.29, 1.82) is 0 Å². The maximum atomic E-state index is 13.6. The van der Waals surface area contributed by atoms with Crippen LogP contribution in [-0.4, -0.2) is 89.4 Å². The number of piperazine rings is 1. The molecule has 10 heteroatoms. The van der Waals surface area contributed by atoms with Gasteiger partial charge in [-0.1, -0.05) is 30.3 Å². The summed E-state index contributed by atoms with van der Waals surface area (Å²) in [6.07, 6.45) is 0. The highest BCUT2D eigenvalue weighted by atomic mass is 35.5. The maximum Gasteiger partial charge on any atom is 0.342 e. The van der Waals surface area contributed by atoms with Gasteiger partial charge in [0.1, 0.15) is 23.7 Å². The topological polar surface area (TPSA) is 102 Å². The van der Waals surface area contributed by atoms with Crippen molar-refractivity contribution in [3.8, 4) is 11.4 Å². The van der Waals surface area contributed by atoms with Crippen molar-refractivity contribution in [2.75, 3.05) is 45.8 Å². The van der Waals surface area contributed by atoms with Crippen molar-refractivity contribution in [3.63, 3.8) is 0 Å². The Morgan fingerprint density at radius 3 is 2.48 bits per heavy atom. The number of methoxy groups -OCH3 is 1. The van der Waals surface area contributed by atoms with Gasteiger partial charge in [-0.15, -0.1) is 11.6 Å². The van der Waals surface area contributed by atoms with Gasteiger partial charge in [-0.3, -0.25) is 9.59 Å². The quantitative estimate of drug-likeness (QED) is 0.344. The van der Waals surface area contributed by atoms with E-state index in [1.54, 1.807) is 16.7 Å². The predicted octanol–water partition coefficient (Wildman–Crippen LogP) is 2.17. The molecule has 3 rings (SSSR count). The zero-order valence-electron chi connectivity index (χ0n) is 18.9. The van der Waals surface area contributed by atoms with E-state index in [-0.39, 0.29) is 42.3 Å². The minimum atomic E-state index is -0.684. The molecule has 1 aromatic carbocycles. The number of hydrogen-bond donors (Lipinski definition) is 0. The first-order valence-corrected chi connectivity index (χ1v) is 11.2. The van der Waals surface area contributed by atoms with Gasteiger partial charge in [0.2, 0.25) is 5.91 Å². The normalized spacial score (nSPS) is 15.9. The molecule has 1 aliphatic rings. The number of benzene rings is 1. The molecule has 0 aliphatic carbocycles. The molecule has 33 heavy (non-hydrogen) atoms. The van der Waals surface area contributed by atoms with Crippen molar-refractivity contribution in [2.45, 2.75) is 19.9 Å². The number of carbonyl (C=O) groups excluding carboxylic acids is 3. The summed E-state index contributed by atoms with van der Waals surface area (Å²) in [5.74, 6) is -1.05. The molecular weight excluding hydrogens is 448 g/mol. The van der Waals surface area contributed by atoms with E-state index in [4.69, 9.17) is 21.1 Å². The molecule has 0 bridgehead atoms. The van der Waals surface area contributed by atoms with Gasteiger partial charge in [-0.25, -0.2) is 14.8 Å². The average molecular weight is 475 g/mol. The van der Waals surface area contributed by atoms with Crippen molar-refractivity contribution in [2.24, 2.45) is 0 Å². The van der Waals surface area contributed by atoms with Crippen molar-refractivity contribution in [3.05, 3.63) is 47.3 Å². The second kappa shape index (κ2) is 11.2. The van der Waals surface area contributed by atoms with Crippen LogP contribution in [0.3, 0.4) is 0 Å². The SMILES string of the molecule is COCCOC(=O)c1c(C)nc(-c2ccccc2)nc1C(=O)N1CCN(C(=O)CCl)C(C)C1. The molecule has 1 unspecified atom stereocenters. The van der Waals surface area contributed by atoms with E-state index in [9.17, 15) is 14.4 Å². The third kappa shape index (κ3) is 5.66. The fourth-order valence-corrected chi connectivity index (χ4v) is 3.87. The smallest absolute Gasteiger partial charge is 0.342 e. The lowest BCUT2D eigenvalue weighted by atomic mass is 10.1. The van der Waals surface area contributed by atoms with Gasteiger partial charge in [-0.05, 0) is 13.8 Å². The van der Waals surface area contributed by atoms with Gasteiger partial charge in [-0.2, -0.15) is 0 Å². The molecule has 2 heterocycles.